The monoisotopic (exact) mass is 208 g/mol. The summed E-state index contributed by atoms with van der Waals surface area (Å²) in [5.41, 5.74) is 0. The molecule has 0 aromatic carbocycles. The van der Waals surface area contributed by atoms with Gasteiger partial charge in [0.25, 0.3) is 0 Å². The second-order valence-electron chi connectivity index (χ2n) is 0.949. The molecule has 0 spiro atoms. The van der Waals surface area contributed by atoms with E-state index in [1.54, 1.807) is 0 Å². The van der Waals surface area contributed by atoms with Crippen LogP contribution in [-0.2, 0) is 15.3 Å². The maximum atomic E-state index is 7.39. The quantitative estimate of drug-likeness (QED) is 0.231. The minimum atomic E-state index is -7.92. The first-order chi connectivity index (χ1) is 2.45. The Bertz CT molecular complexity index is 62.7. The van der Waals surface area contributed by atoms with Crippen LogP contribution in [0.4, 0.5) is 0 Å². The molecule has 0 rings (SSSR count). The molecular formula is H6O6Pd. The van der Waals surface area contributed by atoms with Crippen LogP contribution in [0.5, 0.6) is 0 Å². The van der Waals surface area contributed by atoms with Crippen molar-refractivity contribution in [1.82, 2.24) is 0 Å². The molecule has 0 bridgehead atoms. The Morgan fingerprint density at radius 3 is 0.571 bits per heavy atom. The minimum absolute atomic E-state index is 7.39. The van der Waals surface area contributed by atoms with Crippen LogP contribution in [0.3, 0.4) is 0 Å². The molecule has 0 aliphatic heterocycles. The van der Waals surface area contributed by atoms with E-state index in [1.165, 1.54) is 0 Å². The topological polar surface area (TPSA) is 121 Å². The summed E-state index contributed by atoms with van der Waals surface area (Å²) in [6.07, 6.45) is 0. The van der Waals surface area contributed by atoms with Gasteiger partial charge in [-0.25, -0.2) is 0 Å². The summed E-state index contributed by atoms with van der Waals surface area (Å²) in [4.78, 5) is 0. The van der Waals surface area contributed by atoms with Gasteiger partial charge in [-0.15, -0.1) is 0 Å². The second kappa shape index (κ2) is 0.794. The molecule has 0 saturated heterocycles. The molecule has 0 amide bonds. The summed E-state index contributed by atoms with van der Waals surface area (Å²) in [5, 5.41) is 0. The van der Waals surface area contributed by atoms with E-state index in [0.717, 1.165) is 0 Å². The van der Waals surface area contributed by atoms with Gasteiger partial charge in [-0.2, -0.15) is 0 Å². The van der Waals surface area contributed by atoms with Crippen molar-refractivity contribution in [2.75, 3.05) is 0 Å². The molecule has 0 aliphatic rings. The number of hydrogen-bond donors (Lipinski definition) is 6. The Morgan fingerprint density at radius 2 is 0.571 bits per heavy atom. The summed E-state index contributed by atoms with van der Waals surface area (Å²) in [7, 11) is 0. The Hall–Kier alpha value is 0.422. The van der Waals surface area contributed by atoms with Crippen molar-refractivity contribution in [2.24, 2.45) is 0 Å². The van der Waals surface area contributed by atoms with E-state index in [2.05, 4.69) is 0 Å². The van der Waals surface area contributed by atoms with Crippen LogP contribution < -0.4 is 0 Å². The van der Waals surface area contributed by atoms with Crippen LogP contribution in [-0.4, -0.2) is 23.0 Å². The van der Waals surface area contributed by atoms with Gasteiger partial charge in [0.2, 0.25) is 0 Å². The molecule has 0 atom stereocenters. The van der Waals surface area contributed by atoms with Gasteiger partial charge in [0, 0.05) is 0 Å². The molecule has 6 nitrogen and oxygen atoms in total. The van der Waals surface area contributed by atoms with Crippen LogP contribution >= 0.6 is 0 Å². The Balaban J connectivity index is 4.43. The molecule has 0 saturated carbocycles. The third kappa shape index (κ3) is 704. The van der Waals surface area contributed by atoms with E-state index in [4.69, 9.17) is 23.0 Å². The van der Waals surface area contributed by atoms with Crippen molar-refractivity contribution >= 4 is 0 Å². The van der Waals surface area contributed by atoms with Crippen LogP contribution in [0.2, 0.25) is 0 Å². The molecule has 0 heterocycles. The van der Waals surface area contributed by atoms with E-state index in [1.807, 2.05) is 0 Å². The maximum absolute atomic E-state index is 7.92. The van der Waals surface area contributed by atoms with Gasteiger partial charge < -0.3 is 0 Å². The first kappa shape index (κ1) is 7.42. The molecule has 0 radical (unpaired) electrons. The average molecular weight is 208 g/mol. The standard InChI is InChI=1S/6H2O.Pd/h6*1H2;/q;;;;;;+6/p-6. The normalized spacial score (nSPS) is 23.1. The van der Waals surface area contributed by atoms with Crippen LogP contribution in [0.1, 0.15) is 0 Å². The van der Waals surface area contributed by atoms with Gasteiger partial charge in [0.15, 0.2) is 0 Å². The molecule has 7 heavy (non-hydrogen) atoms. The summed E-state index contributed by atoms with van der Waals surface area (Å²) >= 11 is -7.92. The van der Waals surface area contributed by atoms with E-state index in [9.17, 15) is 0 Å². The zero-order valence-corrected chi connectivity index (χ0v) is 4.55. The predicted molar refractivity (Wildman–Crippen MR) is 13.3 cm³/mol. The zero-order chi connectivity index (χ0) is 6.41. The van der Waals surface area contributed by atoms with Crippen LogP contribution in [0.15, 0.2) is 0 Å². The Kier molecular flexibility index (Phi) is 0.842. The molecule has 0 aliphatic carbocycles. The van der Waals surface area contributed by atoms with Crippen molar-refractivity contribution in [3.63, 3.8) is 0 Å². The third-order valence-electron chi connectivity index (χ3n) is 0. The first-order valence-corrected chi connectivity index (χ1v) is 5.02. The fourth-order valence-electron chi connectivity index (χ4n) is 0. The van der Waals surface area contributed by atoms with E-state index in [-0.39, 0.29) is 0 Å². The van der Waals surface area contributed by atoms with Crippen LogP contribution in [0, 0.1) is 0 Å². The van der Waals surface area contributed by atoms with Crippen LogP contribution in [0.25, 0.3) is 0 Å². The second-order valence-corrected chi connectivity index (χ2v) is 5.61. The summed E-state index contributed by atoms with van der Waals surface area (Å²) in [6, 6.07) is 0. The van der Waals surface area contributed by atoms with Gasteiger partial charge in [0.1, 0.15) is 0 Å². The number of rotatable bonds is 0. The molecular weight excluding hydrogens is 202 g/mol. The predicted octanol–water partition coefficient (Wildman–Crippen LogP) is -3.34. The average Bonchev–Trinajstić information content (AvgIpc) is 0.592. The molecule has 52 valence electrons. The molecule has 0 aromatic heterocycles. The fraction of sp³-hybridized carbons (Fsp3) is 0. The number of hydrogen-bond acceptors (Lipinski definition) is 6. The molecule has 7 heteroatoms. The van der Waals surface area contributed by atoms with E-state index >= 15 is 0 Å². The van der Waals surface area contributed by atoms with E-state index < -0.39 is 15.3 Å². The molecule has 0 fully saturated rings. The molecule has 0 unspecified atom stereocenters. The van der Waals surface area contributed by atoms with Gasteiger partial charge >= 0.3 is 38.3 Å². The molecule has 6 N–H and O–H groups in total. The zero-order valence-electron chi connectivity index (χ0n) is 3.00. The van der Waals surface area contributed by atoms with Crippen molar-refractivity contribution < 1.29 is 38.3 Å². The summed E-state index contributed by atoms with van der Waals surface area (Å²) in [5.74, 6) is 0. The van der Waals surface area contributed by atoms with Crippen molar-refractivity contribution in [2.45, 2.75) is 0 Å². The summed E-state index contributed by atoms with van der Waals surface area (Å²) < 4.78 is 44.4. The first-order valence-electron chi connectivity index (χ1n) is 0.849. The Morgan fingerprint density at radius 1 is 0.571 bits per heavy atom. The van der Waals surface area contributed by atoms with E-state index in [0.29, 0.717) is 0 Å². The Labute approximate surface area is 39.1 Å². The van der Waals surface area contributed by atoms with Gasteiger partial charge in [-0.3, -0.25) is 0 Å². The van der Waals surface area contributed by atoms with Gasteiger partial charge in [-0.1, -0.05) is 0 Å². The van der Waals surface area contributed by atoms with Gasteiger partial charge in [-0.05, 0) is 0 Å². The van der Waals surface area contributed by atoms with Crippen molar-refractivity contribution in [3.05, 3.63) is 0 Å². The van der Waals surface area contributed by atoms with Gasteiger partial charge in [0.05, 0.1) is 0 Å². The summed E-state index contributed by atoms with van der Waals surface area (Å²) in [6.45, 7) is 0. The SMILES string of the molecule is [OH][Pd]([OH])([OH])([OH])([OH])[OH]. The van der Waals surface area contributed by atoms with Crippen molar-refractivity contribution in [3.8, 4) is 0 Å². The van der Waals surface area contributed by atoms with Crippen molar-refractivity contribution in [1.29, 1.82) is 0 Å². The fourth-order valence-corrected chi connectivity index (χ4v) is 0. The third-order valence-corrected chi connectivity index (χ3v) is 0. The molecule has 0 aromatic rings.